The third kappa shape index (κ3) is 2.09. The van der Waals surface area contributed by atoms with Crippen molar-refractivity contribution in [2.75, 3.05) is 0 Å². The maximum absolute atomic E-state index is 11.9. The molecule has 0 aromatic heterocycles. The summed E-state index contributed by atoms with van der Waals surface area (Å²) < 4.78 is 0. The largest absolute Gasteiger partial charge is 0.508 e. The normalized spacial score (nSPS) is 35.0. The van der Waals surface area contributed by atoms with Gasteiger partial charge in [0.1, 0.15) is 5.75 Å². The van der Waals surface area contributed by atoms with E-state index in [1.54, 1.807) is 31.2 Å². The van der Waals surface area contributed by atoms with E-state index in [-0.39, 0.29) is 11.1 Å². The van der Waals surface area contributed by atoms with Crippen LogP contribution in [0.3, 0.4) is 0 Å². The summed E-state index contributed by atoms with van der Waals surface area (Å²) in [5.74, 6) is -0.298. The minimum atomic E-state index is -1.05. The van der Waals surface area contributed by atoms with Gasteiger partial charge in [0.15, 0.2) is 0 Å². The molecule has 0 spiro atoms. The highest BCUT2D eigenvalue weighted by atomic mass is 35.5. The van der Waals surface area contributed by atoms with E-state index in [2.05, 4.69) is 0 Å². The lowest BCUT2D eigenvalue weighted by Crippen LogP contribution is -2.55. The van der Waals surface area contributed by atoms with Crippen molar-refractivity contribution >= 4 is 29.1 Å². The zero-order valence-electron chi connectivity index (χ0n) is 10.7. The molecule has 3 N–H and O–H groups in total. The molecule has 0 heterocycles. The smallest absolute Gasteiger partial charge is 0.225 e. The Balaban J connectivity index is 2.57. The molecule has 1 aliphatic carbocycles. The Morgan fingerprint density at radius 3 is 2.53 bits per heavy atom. The molecule has 19 heavy (non-hydrogen) atoms. The molecule has 1 aromatic carbocycles. The number of phenols is 1. The Morgan fingerprint density at radius 1 is 1.42 bits per heavy atom. The molecule has 1 saturated carbocycles. The quantitative estimate of drug-likeness (QED) is 0.825. The average Bonchev–Trinajstić information content (AvgIpc) is 2.36. The fraction of sp³-hybridized carbons (Fsp3) is 0.500. The summed E-state index contributed by atoms with van der Waals surface area (Å²) in [5.41, 5.74) is 5.38. The van der Waals surface area contributed by atoms with Gasteiger partial charge in [0.25, 0.3) is 0 Å². The van der Waals surface area contributed by atoms with Crippen LogP contribution in [0.4, 0.5) is 0 Å². The molecule has 1 aliphatic rings. The lowest BCUT2D eigenvalue weighted by atomic mass is 9.63. The third-order valence-corrected chi connectivity index (χ3v) is 5.76. The molecule has 2 rings (SSSR count). The number of halogens is 2. The number of phenolic OH excluding ortho intramolecular Hbond substituents is 1. The second kappa shape index (κ2) is 4.88. The molecule has 0 aliphatic heterocycles. The van der Waals surface area contributed by atoms with Gasteiger partial charge in [-0.05, 0) is 37.5 Å². The molecule has 1 amide bonds. The van der Waals surface area contributed by atoms with E-state index in [0.717, 1.165) is 12.8 Å². The lowest BCUT2D eigenvalue weighted by molar-refractivity contribution is -0.130. The molecule has 1 fully saturated rings. The van der Waals surface area contributed by atoms with E-state index in [0.29, 0.717) is 12.0 Å². The first-order chi connectivity index (χ1) is 8.82. The summed E-state index contributed by atoms with van der Waals surface area (Å²) in [4.78, 5) is 10.9. The van der Waals surface area contributed by atoms with Gasteiger partial charge in [-0.2, -0.15) is 0 Å². The SMILES string of the molecule is CC1(C(N)=O)CCCC(Cl)C1(Cl)c1ccc(O)cc1. The van der Waals surface area contributed by atoms with E-state index in [9.17, 15) is 9.90 Å². The van der Waals surface area contributed by atoms with Crippen LogP contribution < -0.4 is 5.73 Å². The van der Waals surface area contributed by atoms with Gasteiger partial charge in [-0.1, -0.05) is 18.6 Å². The summed E-state index contributed by atoms with van der Waals surface area (Å²) in [6, 6.07) is 6.48. The minimum absolute atomic E-state index is 0.145. The number of carbonyl (C=O) groups is 1. The fourth-order valence-corrected chi connectivity index (χ4v) is 3.81. The van der Waals surface area contributed by atoms with Crippen LogP contribution in [0.15, 0.2) is 24.3 Å². The molecular weight excluding hydrogens is 285 g/mol. The standard InChI is InChI=1S/C14H17Cl2NO2/c1-13(12(17)19)8-2-3-11(15)14(13,16)9-4-6-10(18)7-5-9/h4-7,11,18H,2-3,8H2,1H3,(H2,17,19). The molecule has 104 valence electrons. The Labute approximate surface area is 122 Å². The van der Waals surface area contributed by atoms with Crippen LogP contribution in [0, 0.1) is 5.41 Å². The van der Waals surface area contributed by atoms with Gasteiger partial charge in [-0.25, -0.2) is 0 Å². The molecule has 1 aromatic rings. The highest BCUT2D eigenvalue weighted by molar-refractivity contribution is 6.34. The van der Waals surface area contributed by atoms with Crippen LogP contribution >= 0.6 is 23.2 Å². The summed E-state index contributed by atoms with van der Waals surface area (Å²) >= 11 is 13.2. The van der Waals surface area contributed by atoms with Crippen molar-refractivity contribution in [3.05, 3.63) is 29.8 Å². The van der Waals surface area contributed by atoms with Gasteiger partial charge >= 0.3 is 0 Å². The van der Waals surface area contributed by atoms with Gasteiger partial charge in [-0.3, -0.25) is 4.79 Å². The van der Waals surface area contributed by atoms with E-state index < -0.39 is 16.2 Å². The number of rotatable bonds is 2. The first kappa shape index (κ1) is 14.5. The number of aromatic hydroxyl groups is 1. The van der Waals surface area contributed by atoms with Gasteiger partial charge in [0.05, 0.1) is 15.7 Å². The average molecular weight is 302 g/mol. The Morgan fingerprint density at radius 2 is 2.00 bits per heavy atom. The van der Waals surface area contributed by atoms with Gasteiger partial charge in [0, 0.05) is 0 Å². The van der Waals surface area contributed by atoms with Gasteiger partial charge in [0.2, 0.25) is 5.91 Å². The minimum Gasteiger partial charge on any atom is -0.508 e. The molecule has 0 radical (unpaired) electrons. The topological polar surface area (TPSA) is 63.3 Å². The number of alkyl halides is 2. The molecular formula is C14H17Cl2NO2. The summed E-state index contributed by atoms with van der Waals surface area (Å²) in [5, 5.41) is 8.99. The number of hydrogen-bond donors (Lipinski definition) is 2. The zero-order valence-corrected chi connectivity index (χ0v) is 12.2. The van der Waals surface area contributed by atoms with Crippen molar-refractivity contribution < 1.29 is 9.90 Å². The third-order valence-electron chi connectivity index (χ3n) is 4.20. The van der Waals surface area contributed by atoms with E-state index in [1.165, 1.54) is 0 Å². The fourth-order valence-electron chi connectivity index (χ4n) is 2.87. The van der Waals surface area contributed by atoms with Crippen molar-refractivity contribution in [3.8, 4) is 5.75 Å². The first-order valence-corrected chi connectivity index (χ1v) is 7.06. The first-order valence-electron chi connectivity index (χ1n) is 6.25. The maximum atomic E-state index is 11.9. The maximum Gasteiger partial charge on any atom is 0.225 e. The number of benzene rings is 1. The molecule has 0 bridgehead atoms. The van der Waals surface area contributed by atoms with E-state index >= 15 is 0 Å². The Hall–Kier alpha value is -0.930. The molecule has 5 heteroatoms. The Kier molecular flexibility index (Phi) is 3.72. The predicted octanol–water partition coefficient (Wildman–Crippen LogP) is 3.11. The number of carbonyl (C=O) groups excluding carboxylic acids is 1. The summed E-state index contributed by atoms with van der Waals surface area (Å²) in [7, 11) is 0. The predicted molar refractivity (Wildman–Crippen MR) is 76.4 cm³/mol. The highest BCUT2D eigenvalue weighted by Gasteiger charge is 2.58. The van der Waals surface area contributed by atoms with Crippen molar-refractivity contribution in [2.45, 2.75) is 36.4 Å². The molecule has 3 nitrogen and oxygen atoms in total. The van der Waals surface area contributed by atoms with Crippen LogP contribution in [-0.4, -0.2) is 16.4 Å². The van der Waals surface area contributed by atoms with Crippen LogP contribution in [0.25, 0.3) is 0 Å². The number of nitrogens with two attached hydrogens (primary N) is 1. The van der Waals surface area contributed by atoms with Crippen molar-refractivity contribution in [1.29, 1.82) is 0 Å². The van der Waals surface area contributed by atoms with Gasteiger partial charge in [-0.15, -0.1) is 23.2 Å². The monoisotopic (exact) mass is 301 g/mol. The second-order valence-electron chi connectivity index (χ2n) is 5.31. The number of primary amides is 1. The highest BCUT2D eigenvalue weighted by Crippen LogP contribution is 2.56. The van der Waals surface area contributed by atoms with Gasteiger partial charge < -0.3 is 10.8 Å². The van der Waals surface area contributed by atoms with Crippen LogP contribution in [0.1, 0.15) is 31.7 Å². The zero-order chi connectivity index (χ0) is 14.3. The molecule has 3 unspecified atom stereocenters. The summed E-state index contributed by atoms with van der Waals surface area (Å²) in [6.07, 6.45) is 2.16. The van der Waals surface area contributed by atoms with E-state index in [1.807, 2.05) is 0 Å². The lowest BCUT2D eigenvalue weighted by Gasteiger charge is -2.49. The molecule has 3 atom stereocenters. The number of hydrogen-bond acceptors (Lipinski definition) is 2. The van der Waals surface area contributed by atoms with Crippen molar-refractivity contribution in [2.24, 2.45) is 11.1 Å². The van der Waals surface area contributed by atoms with Crippen molar-refractivity contribution in [3.63, 3.8) is 0 Å². The van der Waals surface area contributed by atoms with Crippen LogP contribution in [0.5, 0.6) is 5.75 Å². The summed E-state index contributed by atoms with van der Waals surface area (Å²) in [6.45, 7) is 1.77. The van der Waals surface area contributed by atoms with Crippen LogP contribution in [0.2, 0.25) is 0 Å². The number of amides is 1. The Bertz CT molecular complexity index is 491. The van der Waals surface area contributed by atoms with Crippen molar-refractivity contribution in [1.82, 2.24) is 0 Å². The van der Waals surface area contributed by atoms with Crippen LogP contribution in [-0.2, 0) is 9.67 Å². The second-order valence-corrected chi connectivity index (χ2v) is 6.44. The molecule has 0 saturated heterocycles. The van der Waals surface area contributed by atoms with E-state index in [4.69, 9.17) is 28.9 Å².